The summed E-state index contributed by atoms with van der Waals surface area (Å²) < 4.78 is 15.5. The number of halogens is 1. The Morgan fingerprint density at radius 3 is 2.64 bits per heavy atom. The van der Waals surface area contributed by atoms with E-state index in [1.54, 1.807) is 29.2 Å². The van der Waals surface area contributed by atoms with Gasteiger partial charge in [0.1, 0.15) is 5.82 Å². The molecule has 0 radical (unpaired) electrons. The van der Waals surface area contributed by atoms with E-state index in [9.17, 15) is 24.0 Å². The molecule has 3 heterocycles. The Balaban J connectivity index is 1.38. The Morgan fingerprint density at radius 1 is 1.21 bits per heavy atom. The van der Waals surface area contributed by atoms with Gasteiger partial charge in [0.05, 0.1) is 11.6 Å². The van der Waals surface area contributed by atoms with Crippen molar-refractivity contribution in [3.63, 3.8) is 0 Å². The Morgan fingerprint density at radius 2 is 1.97 bits per heavy atom. The zero-order valence-corrected chi connectivity index (χ0v) is 18.3. The number of hydrogen-bond acceptors (Lipinski definition) is 5. The standard InChI is InChI=1S/C23H26FN5O4/c1-15(30)25-14-17-13-18(22(31)26-17)16-5-6-20(19(24)12-16)27-8-10-28(11-9-27)23(32)21-4-2-3-7-29(21)33/h2-7,12,17-18H,8-11,13-14H2,1H3,(H,25,30)(H,26,31)/t17?,18-/m0/s1. The van der Waals surface area contributed by atoms with Crippen molar-refractivity contribution in [1.82, 2.24) is 15.5 Å². The molecule has 2 fully saturated rings. The first kappa shape index (κ1) is 22.5. The van der Waals surface area contributed by atoms with Crippen LogP contribution in [0.15, 0.2) is 42.6 Å². The minimum Gasteiger partial charge on any atom is -0.618 e. The minimum absolute atomic E-state index is 0.0631. The van der Waals surface area contributed by atoms with E-state index in [-0.39, 0.29) is 29.5 Å². The zero-order valence-electron chi connectivity index (χ0n) is 18.3. The maximum absolute atomic E-state index is 15.0. The summed E-state index contributed by atoms with van der Waals surface area (Å²) in [5.41, 5.74) is 1.07. The van der Waals surface area contributed by atoms with Gasteiger partial charge in [-0.3, -0.25) is 14.4 Å². The number of benzene rings is 1. The van der Waals surface area contributed by atoms with Crippen molar-refractivity contribution in [3.8, 4) is 0 Å². The van der Waals surface area contributed by atoms with Gasteiger partial charge in [-0.25, -0.2) is 4.39 Å². The second-order valence-corrected chi connectivity index (χ2v) is 8.33. The van der Waals surface area contributed by atoms with Crippen LogP contribution in [-0.2, 0) is 9.59 Å². The van der Waals surface area contributed by atoms with E-state index in [1.165, 1.54) is 25.3 Å². The molecule has 174 valence electrons. The van der Waals surface area contributed by atoms with Crippen LogP contribution in [0, 0.1) is 11.0 Å². The van der Waals surface area contributed by atoms with E-state index < -0.39 is 11.7 Å². The van der Waals surface area contributed by atoms with Crippen LogP contribution in [0.5, 0.6) is 0 Å². The predicted molar refractivity (Wildman–Crippen MR) is 118 cm³/mol. The van der Waals surface area contributed by atoms with Crippen molar-refractivity contribution in [3.05, 3.63) is 64.9 Å². The molecular weight excluding hydrogens is 429 g/mol. The van der Waals surface area contributed by atoms with Crippen molar-refractivity contribution >= 4 is 23.4 Å². The Bertz CT molecular complexity index is 1070. The summed E-state index contributed by atoms with van der Waals surface area (Å²) in [7, 11) is 0. The normalized spacial score (nSPS) is 20.5. The number of piperazine rings is 1. The van der Waals surface area contributed by atoms with Gasteiger partial charge in [0.15, 0.2) is 6.20 Å². The van der Waals surface area contributed by atoms with E-state index in [0.717, 1.165) is 0 Å². The lowest BCUT2D eigenvalue weighted by molar-refractivity contribution is -0.608. The van der Waals surface area contributed by atoms with Crippen LogP contribution < -0.4 is 20.3 Å². The third-order valence-corrected chi connectivity index (χ3v) is 6.11. The van der Waals surface area contributed by atoms with Crippen LogP contribution in [0.2, 0.25) is 0 Å². The first-order valence-corrected chi connectivity index (χ1v) is 10.9. The molecule has 3 amide bonds. The second-order valence-electron chi connectivity index (χ2n) is 8.33. The minimum atomic E-state index is -0.466. The molecule has 33 heavy (non-hydrogen) atoms. The smallest absolute Gasteiger partial charge is 0.320 e. The molecule has 0 spiro atoms. The molecule has 0 saturated carbocycles. The number of hydrogen-bond donors (Lipinski definition) is 2. The predicted octanol–water partition coefficient (Wildman–Crippen LogP) is 0.530. The summed E-state index contributed by atoms with van der Waals surface area (Å²) in [4.78, 5) is 39.5. The van der Waals surface area contributed by atoms with Gasteiger partial charge >= 0.3 is 5.91 Å². The van der Waals surface area contributed by atoms with E-state index in [1.807, 2.05) is 4.90 Å². The summed E-state index contributed by atoms with van der Waals surface area (Å²) in [6, 6.07) is 9.32. The van der Waals surface area contributed by atoms with Gasteiger partial charge < -0.3 is 25.6 Å². The van der Waals surface area contributed by atoms with Gasteiger partial charge in [-0.15, -0.1) is 0 Å². The van der Waals surface area contributed by atoms with Crippen LogP contribution in [0.3, 0.4) is 0 Å². The van der Waals surface area contributed by atoms with E-state index in [4.69, 9.17) is 0 Å². The molecule has 2 atom stereocenters. The average Bonchev–Trinajstić information content (AvgIpc) is 3.18. The summed E-state index contributed by atoms with van der Waals surface area (Å²) >= 11 is 0. The molecule has 1 aromatic carbocycles. The lowest BCUT2D eigenvalue weighted by Crippen LogP contribution is -2.51. The fourth-order valence-electron chi connectivity index (χ4n) is 4.34. The summed E-state index contributed by atoms with van der Waals surface area (Å²) in [6.07, 6.45) is 1.77. The third-order valence-electron chi connectivity index (χ3n) is 6.11. The first-order chi connectivity index (χ1) is 15.8. The number of rotatable bonds is 5. The molecule has 1 unspecified atom stereocenters. The van der Waals surface area contributed by atoms with Crippen LogP contribution in [0.4, 0.5) is 10.1 Å². The lowest BCUT2D eigenvalue weighted by atomic mass is 9.95. The number of nitrogens with one attached hydrogen (secondary N) is 2. The zero-order chi connectivity index (χ0) is 23.5. The fraction of sp³-hybridized carbons (Fsp3) is 0.391. The average molecular weight is 455 g/mol. The van der Waals surface area contributed by atoms with Gasteiger partial charge in [0, 0.05) is 57.8 Å². The molecule has 2 aromatic rings. The summed E-state index contributed by atoms with van der Waals surface area (Å²) in [5.74, 6) is -1.58. The van der Waals surface area contributed by atoms with Crippen LogP contribution in [0.25, 0.3) is 0 Å². The van der Waals surface area contributed by atoms with Crippen molar-refractivity contribution in [2.24, 2.45) is 0 Å². The molecule has 4 rings (SSSR count). The van der Waals surface area contributed by atoms with Gasteiger partial charge in [-0.05, 0) is 30.2 Å². The number of amides is 3. The Kier molecular flexibility index (Phi) is 6.43. The third kappa shape index (κ3) is 4.89. The number of pyridine rings is 1. The Labute approximate surface area is 190 Å². The summed E-state index contributed by atoms with van der Waals surface area (Å²) in [6.45, 7) is 3.35. The van der Waals surface area contributed by atoms with Crippen molar-refractivity contribution in [1.29, 1.82) is 0 Å². The monoisotopic (exact) mass is 455 g/mol. The maximum Gasteiger partial charge on any atom is 0.320 e. The van der Waals surface area contributed by atoms with E-state index in [0.29, 0.717) is 55.1 Å². The molecule has 10 heteroatoms. The second kappa shape index (κ2) is 9.43. The molecule has 2 aliphatic heterocycles. The quantitative estimate of drug-likeness (QED) is 0.505. The molecular formula is C23H26FN5O4. The van der Waals surface area contributed by atoms with E-state index in [2.05, 4.69) is 10.6 Å². The van der Waals surface area contributed by atoms with Crippen LogP contribution >= 0.6 is 0 Å². The van der Waals surface area contributed by atoms with Gasteiger partial charge in [-0.2, -0.15) is 4.73 Å². The van der Waals surface area contributed by atoms with Gasteiger partial charge in [0.2, 0.25) is 11.8 Å². The molecule has 2 N–H and O–H groups in total. The largest absolute Gasteiger partial charge is 0.618 e. The number of carbonyl (C=O) groups is 3. The van der Waals surface area contributed by atoms with Crippen LogP contribution in [-0.4, -0.2) is 61.4 Å². The van der Waals surface area contributed by atoms with Gasteiger partial charge in [0.25, 0.3) is 5.69 Å². The number of nitrogens with zero attached hydrogens (tertiary/aromatic N) is 3. The fourth-order valence-corrected chi connectivity index (χ4v) is 4.34. The number of anilines is 1. The molecule has 0 bridgehead atoms. The van der Waals surface area contributed by atoms with Crippen molar-refractivity contribution in [2.75, 3.05) is 37.6 Å². The lowest BCUT2D eigenvalue weighted by Gasteiger charge is -2.35. The topological polar surface area (TPSA) is 109 Å². The number of aromatic nitrogens is 1. The number of carbonyl (C=O) groups excluding carboxylic acids is 3. The maximum atomic E-state index is 15.0. The highest BCUT2D eigenvalue weighted by molar-refractivity contribution is 5.91. The van der Waals surface area contributed by atoms with Crippen molar-refractivity contribution in [2.45, 2.75) is 25.3 Å². The first-order valence-electron chi connectivity index (χ1n) is 10.9. The molecule has 2 saturated heterocycles. The molecule has 1 aromatic heterocycles. The van der Waals surface area contributed by atoms with Gasteiger partial charge in [-0.1, -0.05) is 6.07 Å². The van der Waals surface area contributed by atoms with Crippen LogP contribution in [0.1, 0.15) is 35.3 Å². The summed E-state index contributed by atoms with van der Waals surface area (Å²) in [5, 5.41) is 17.4. The highest BCUT2D eigenvalue weighted by Crippen LogP contribution is 2.30. The molecule has 2 aliphatic rings. The molecule has 0 aliphatic carbocycles. The highest BCUT2D eigenvalue weighted by Gasteiger charge is 2.34. The van der Waals surface area contributed by atoms with E-state index >= 15 is 0 Å². The molecule has 9 nitrogen and oxygen atoms in total. The SMILES string of the molecule is CC(=O)NCC1C[C@@H](c2ccc(N3CCN(C(=O)c4cccc[n+]4[O-])CC3)c(F)c2)C(=O)N1. The highest BCUT2D eigenvalue weighted by atomic mass is 19.1. The Hall–Kier alpha value is -3.69. The van der Waals surface area contributed by atoms with Crippen molar-refractivity contribution < 1.29 is 23.5 Å².